The van der Waals surface area contributed by atoms with Crippen molar-refractivity contribution >= 4 is 11.8 Å². The molecule has 22 heavy (non-hydrogen) atoms. The summed E-state index contributed by atoms with van der Waals surface area (Å²) < 4.78 is 5.22. The van der Waals surface area contributed by atoms with Crippen LogP contribution in [0.3, 0.4) is 0 Å². The zero-order valence-electron chi connectivity index (χ0n) is 12.9. The summed E-state index contributed by atoms with van der Waals surface area (Å²) in [6, 6.07) is 10.9. The van der Waals surface area contributed by atoms with Crippen LogP contribution in [-0.4, -0.2) is 21.8 Å². The van der Waals surface area contributed by atoms with Gasteiger partial charge in [-0.15, -0.1) is 0 Å². The molecular weight excluding hydrogens is 280 g/mol. The molecule has 2 rings (SSSR count). The number of nitrogens with zero attached hydrogens (tertiary/aromatic N) is 1. The minimum absolute atomic E-state index is 0.424. The topological polar surface area (TPSA) is 71.5 Å². The van der Waals surface area contributed by atoms with E-state index in [1.54, 1.807) is 33.0 Å². The fourth-order valence-corrected chi connectivity index (χ4v) is 1.98. The van der Waals surface area contributed by atoms with E-state index in [-0.39, 0.29) is 0 Å². The van der Waals surface area contributed by atoms with Crippen molar-refractivity contribution in [3.8, 4) is 0 Å². The van der Waals surface area contributed by atoms with Crippen LogP contribution < -0.4 is 5.32 Å². The standard InChI is InChI=1S/C17H20N2O3/c1-17(2,3)22-16(21)19-14-11-18-10-9-13(14)15(20)12-7-5-4-6-8-12/h4-11,15,20H,1-3H3,(H,19,21). The van der Waals surface area contributed by atoms with Crippen molar-refractivity contribution in [3.63, 3.8) is 0 Å². The number of amides is 1. The van der Waals surface area contributed by atoms with Crippen molar-refractivity contribution in [3.05, 3.63) is 59.9 Å². The summed E-state index contributed by atoms with van der Waals surface area (Å²) in [7, 11) is 0. The predicted molar refractivity (Wildman–Crippen MR) is 84.6 cm³/mol. The Morgan fingerprint density at radius 2 is 1.91 bits per heavy atom. The molecule has 1 aromatic carbocycles. The number of aliphatic hydroxyl groups is 1. The molecule has 1 unspecified atom stereocenters. The van der Waals surface area contributed by atoms with E-state index in [4.69, 9.17) is 4.74 Å². The largest absolute Gasteiger partial charge is 0.444 e. The van der Waals surface area contributed by atoms with Gasteiger partial charge in [0.05, 0.1) is 11.9 Å². The predicted octanol–water partition coefficient (Wildman–Crippen LogP) is 3.51. The quantitative estimate of drug-likeness (QED) is 0.910. The molecule has 0 fully saturated rings. The van der Waals surface area contributed by atoms with Crippen molar-refractivity contribution in [1.82, 2.24) is 4.98 Å². The number of carbonyl (C=O) groups is 1. The summed E-state index contributed by atoms with van der Waals surface area (Å²) in [4.78, 5) is 15.9. The Hall–Kier alpha value is -2.40. The number of carbonyl (C=O) groups excluding carboxylic acids is 1. The van der Waals surface area contributed by atoms with Gasteiger partial charge in [0.2, 0.25) is 0 Å². The summed E-state index contributed by atoms with van der Waals surface area (Å²) in [5, 5.41) is 13.1. The normalized spacial score (nSPS) is 12.5. The molecule has 0 saturated heterocycles. The Labute approximate surface area is 130 Å². The number of aliphatic hydroxyl groups excluding tert-OH is 1. The first-order valence-electron chi connectivity index (χ1n) is 7.04. The molecule has 0 aliphatic carbocycles. The lowest BCUT2D eigenvalue weighted by molar-refractivity contribution is 0.0635. The summed E-state index contributed by atoms with van der Waals surface area (Å²) in [6.45, 7) is 5.36. The van der Waals surface area contributed by atoms with Gasteiger partial charge in [-0.25, -0.2) is 4.79 Å². The Morgan fingerprint density at radius 1 is 1.23 bits per heavy atom. The second-order valence-corrected chi connectivity index (χ2v) is 5.90. The Bertz CT molecular complexity index is 636. The van der Waals surface area contributed by atoms with E-state index in [1.807, 2.05) is 30.3 Å². The molecule has 116 valence electrons. The average Bonchev–Trinajstić information content (AvgIpc) is 2.46. The highest BCUT2D eigenvalue weighted by Gasteiger charge is 2.19. The van der Waals surface area contributed by atoms with Crippen LogP contribution >= 0.6 is 0 Å². The maximum atomic E-state index is 11.9. The SMILES string of the molecule is CC(C)(C)OC(=O)Nc1cnccc1C(O)c1ccccc1. The van der Waals surface area contributed by atoms with Gasteiger partial charge in [0.15, 0.2) is 0 Å². The highest BCUT2D eigenvalue weighted by Crippen LogP contribution is 2.27. The molecule has 1 aromatic heterocycles. The number of hydrogen-bond acceptors (Lipinski definition) is 4. The smallest absolute Gasteiger partial charge is 0.412 e. The summed E-state index contributed by atoms with van der Waals surface area (Å²) in [6.07, 6.45) is 1.63. The van der Waals surface area contributed by atoms with Gasteiger partial charge in [0, 0.05) is 11.8 Å². The van der Waals surface area contributed by atoms with E-state index in [9.17, 15) is 9.90 Å². The molecule has 0 aliphatic rings. The summed E-state index contributed by atoms with van der Waals surface area (Å²) in [5.74, 6) is 0. The van der Waals surface area contributed by atoms with Crippen LogP contribution in [-0.2, 0) is 4.74 Å². The van der Waals surface area contributed by atoms with Gasteiger partial charge in [-0.1, -0.05) is 30.3 Å². The lowest BCUT2D eigenvalue weighted by Gasteiger charge is -2.21. The zero-order chi connectivity index (χ0) is 16.2. The van der Waals surface area contributed by atoms with Crippen LogP contribution in [0.25, 0.3) is 0 Å². The Morgan fingerprint density at radius 3 is 2.55 bits per heavy atom. The first-order chi connectivity index (χ1) is 10.4. The maximum Gasteiger partial charge on any atom is 0.412 e. The van der Waals surface area contributed by atoms with E-state index in [0.29, 0.717) is 11.3 Å². The molecule has 0 spiro atoms. The minimum Gasteiger partial charge on any atom is -0.444 e. The van der Waals surface area contributed by atoms with Gasteiger partial charge < -0.3 is 9.84 Å². The van der Waals surface area contributed by atoms with Crippen molar-refractivity contribution in [2.24, 2.45) is 0 Å². The van der Waals surface area contributed by atoms with Crippen LogP contribution in [0.4, 0.5) is 10.5 Å². The van der Waals surface area contributed by atoms with Gasteiger partial charge in [-0.3, -0.25) is 10.3 Å². The molecule has 5 heteroatoms. The highest BCUT2D eigenvalue weighted by molar-refractivity contribution is 5.85. The first kappa shape index (κ1) is 16.0. The Kier molecular flexibility index (Phi) is 4.78. The van der Waals surface area contributed by atoms with Crippen molar-refractivity contribution in [2.45, 2.75) is 32.5 Å². The van der Waals surface area contributed by atoms with Crippen molar-refractivity contribution < 1.29 is 14.6 Å². The Balaban J connectivity index is 2.22. The van der Waals surface area contributed by atoms with Crippen LogP contribution in [0.2, 0.25) is 0 Å². The van der Waals surface area contributed by atoms with Crippen molar-refractivity contribution in [2.75, 3.05) is 5.32 Å². The van der Waals surface area contributed by atoms with Gasteiger partial charge in [0.25, 0.3) is 0 Å². The van der Waals surface area contributed by atoms with Crippen LogP contribution in [0, 0.1) is 0 Å². The third-order valence-electron chi connectivity index (χ3n) is 2.90. The van der Waals surface area contributed by atoms with Crippen molar-refractivity contribution in [1.29, 1.82) is 0 Å². The lowest BCUT2D eigenvalue weighted by Crippen LogP contribution is -2.27. The molecule has 0 radical (unpaired) electrons. The monoisotopic (exact) mass is 300 g/mol. The molecule has 2 aromatic rings. The third-order valence-corrected chi connectivity index (χ3v) is 2.90. The zero-order valence-corrected chi connectivity index (χ0v) is 12.9. The van der Waals surface area contributed by atoms with E-state index in [0.717, 1.165) is 5.56 Å². The number of rotatable bonds is 3. The lowest BCUT2D eigenvalue weighted by atomic mass is 10.0. The third kappa shape index (κ3) is 4.30. The fraction of sp³-hybridized carbons (Fsp3) is 0.294. The first-order valence-corrected chi connectivity index (χ1v) is 7.04. The molecule has 2 N–H and O–H groups in total. The van der Waals surface area contributed by atoms with Gasteiger partial charge in [-0.05, 0) is 32.4 Å². The van der Waals surface area contributed by atoms with E-state index < -0.39 is 17.8 Å². The molecule has 1 atom stereocenters. The number of hydrogen-bond donors (Lipinski definition) is 2. The van der Waals surface area contributed by atoms with E-state index >= 15 is 0 Å². The summed E-state index contributed by atoms with van der Waals surface area (Å²) in [5.41, 5.74) is 1.13. The minimum atomic E-state index is -0.853. The summed E-state index contributed by atoms with van der Waals surface area (Å²) >= 11 is 0. The van der Waals surface area contributed by atoms with Crippen LogP contribution in [0.1, 0.15) is 38.0 Å². The van der Waals surface area contributed by atoms with Gasteiger partial charge in [0.1, 0.15) is 11.7 Å². The molecular formula is C17H20N2O3. The number of ether oxygens (including phenoxy) is 1. The highest BCUT2D eigenvalue weighted by atomic mass is 16.6. The van der Waals surface area contributed by atoms with E-state index in [1.165, 1.54) is 6.20 Å². The number of aromatic nitrogens is 1. The molecule has 1 amide bonds. The number of nitrogens with one attached hydrogen (secondary N) is 1. The second-order valence-electron chi connectivity index (χ2n) is 5.90. The number of benzene rings is 1. The molecule has 0 saturated carbocycles. The number of anilines is 1. The van der Waals surface area contributed by atoms with Gasteiger partial charge in [-0.2, -0.15) is 0 Å². The molecule has 1 heterocycles. The second kappa shape index (κ2) is 6.58. The molecule has 0 aliphatic heterocycles. The van der Waals surface area contributed by atoms with Crippen LogP contribution in [0.5, 0.6) is 0 Å². The van der Waals surface area contributed by atoms with Crippen LogP contribution in [0.15, 0.2) is 48.8 Å². The molecule has 5 nitrogen and oxygen atoms in total. The number of pyridine rings is 1. The van der Waals surface area contributed by atoms with Gasteiger partial charge >= 0.3 is 6.09 Å². The fourth-order valence-electron chi connectivity index (χ4n) is 1.98. The maximum absolute atomic E-state index is 11.9. The van der Waals surface area contributed by atoms with E-state index in [2.05, 4.69) is 10.3 Å². The average molecular weight is 300 g/mol. The molecule has 0 bridgehead atoms.